The van der Waals surface area contributed by atoms with Crippen molar-refractivity contribution in [1.82, 2.24) is 19.9 Å². The van der Waals surface area contributed by atoms with Gasteiger partial charge in [0.25, 0.3) is 5.92 Å². The predicted molar refractivity (Wildman–Crippen MR) is 153 cm³/mol. The third-order valence-electron chi connectivity index (χ3n) is 7.56. The topological polar surface area (TPSA) is 81.2 Å². The van der Waals surface area contributed by atoms with Crippen LogP contribution >= 0.6 is 0 Å². The van der Waals surface area contributed by atoms with Crippen molar-refractivity contribution in [3.63, 3.8) is 0 Å². The van der Waals surface area contributed by atoms with Crippen LogP contribution in [0.15, 0.2) is 78.2 Å². The molecule has 0 radical (unpaired) electrons. The standard InChI is InChI=1S/C31H25F4N7/c32-21-5-3-19(4-6-21)22-2-1-8-37-29-28(22)40-30(41-29)27-24-11-23(25(33)12-26(24)38-17-39-27)20-10-18(13-36-14-20)15-42-9-7-31(34,35)16-42/h1-6,8,10-14,37-38H,7,9,15-17H2,(H,40,41). The quantitative estimate of drug-likeness (QED) is 0.249. The third kappa shape index (κ3) is 4.96. The molecule has 7 nitrogen and oxygen atoms in total. The summed E-state index contributed by atoms with van der Waals surface area (Å²) in [5.41, 5.74) is 5.67. The predicted octanol–water partition coefficient (Wildman–Crippen LogP) is 6.18. The molecule has 0 aliphatic carbocycles. The number of aromatic nitrogens is 3. The molecule has 1 fully saturated rings. The first-order chi connectivity index (χ1) is 20.3. The number of H-pyrrole nitrogens is 1. The number of nitrogens with one attached hydrogen (secondary N) is 3. The summed E-state index contributed by atoms with van der Waals surface area (Å²) in [6.07, 6.45) is 8.52. The Hall–Kier alpha value is -4.77. The van der Waals surface area contributed by atoms with Crippen LogP contribution in [0.5, 0.6) is 0 Å². The van der Waals surface area contributed by atoms with E-state index in [-0.39, 0.29) is 25.5 Å². The van der Waals surface area contributed by atoms with Crippen LogP contribution in [-0.2, 0) is 6.54 Å². The van der Waals surface area contributed by atoms with Gasteiger partial charge in [0.15, 0.2) is 11.6 Å². The van der Waals surface area contributed by atoms with Crippen LogP contribution in [0.2, 0.25) is 0 Å². The average molecular weight is 572 g/mol. The van der Waals surface area contributed by atoms with Gasteiger partial charge in [0, 0.05) is 66.1 Å². The van der Waals surface area contributed by atoms with E-state index in [0.29, 0.717) is 58.5 Å². The molecule has 11 heteroatoms. The van der Waals surface area contributed by atoms with E-state index in [2.05, 4.69) is 25.6 Å². The number of anilines is 2. The molecule has 2 aromatic carbocycles. The zero-order chi connectivity index (χ0) is 28.8. The van der Waals surface area contributed by atoms with Gasteiger partial charge in [0.05, 0.1) is 12.2 Å². The molecule has 0 spiro atoms. The highest BCUT2D eigenvalue weighted by Gasteiger charge is 2.38. The summed E-state index contributed by atoms with van der Waals surface area (Å²) in [6, 6.07) is 11.1. The first-order valence-electron chi connectivity index (χ1n) is 13.5. The number of rotatable bonds is 5. The fraction of sp³-hybridized carbons (Fsp3) is 0.194. The van der Waals surface area contributed by atoms with E-state index in [4.69, 9.17) is 4.98 Å². The highest BCUT2D eigenvalue weighted by Crippen LogP contribution is 2.35. The second-order valence-corrected chi connectivity index (χ2v) is 10.5. The maximum atomic E-state index is 15.4. The van der Waals surface area contributed by atoms with Crippen LogP contribution in [0.25, 0.3) is 16.7 Å². The highest BCUT2D eigenvalue weighted by molar-refractivity contribution is 6.16. The van der Waals surface area contributed by atoms with E-state index in [1.807, 2.05) is 12.2 Å². The normalized spacial score (nSPS) is 17.4. The molecule has 0 saturated carbocycles. The highest BCUT2D eigenvalue weighted by atomic mass is 19.3. The molecule has 4 aromatic rings. The van der Waals surface area contributed by atoms with Crippen molar-refractivity contribution in [3.8, 4) is 11.1 Å². The number of hydrogen-bond donors (Lipinski definition) is 3. The van der Waals surface area contributed by atoms with Crippen molar-refractivity contribution in [2.75, 3.05) is 30.4 Å². The molecule has 7 rings (SSSR count). The van der Waals surface area contributed by atoms with Gasteiger partial charge in [-0.25, -0.2) is 22.5 Å². The molecule has 3 aliphatic heterocycles. The van der Waals surface area contributed by atoms with E-state index in [1.165, 1.54) is 18.2 Å². The van der Waals surface area contributed by atoms with E-state index in [1.54, 1.807) is 47.8 Å². The molecule has 0 atom stereocenters. The van der Waals surface area contributed by atoms with Crippen molar-refractivity contribution in [3.05, 3.63) is 113 Å². The van der Waals surface area contributed by atoms with E-state index in [0.717, 1.165) is 16.7 Å². The number of pyridine rings is 1. The minimum absolute atomic E-state index is 0.169. The van der Waals surface area contributed by atoms with Gasteiger partial charge in [-0.2, -0.15) is 0 Å². The monoisotopic (exact) mass is 571 g/mol. The lowest BCUT2D eigenvalue weighted by Crippen LogP contribution is -2.24. The summed E-state index contributed by atoms with van der Waals surface area (Å²) in [7, 11) is 0. The molecule has 0 bridgehead atoms. The first-order valence-corrected chi connectivity index (χ1v) is 13.5. The number of likely N-dealkylation sites (tertiary alicyclic amines) is 1. The average Bonchev–Trinajstić information content (AvgIpc) is 3.49. The van der Waals surface area contributed by atoms with E-state index < -0.39 is 11.7 Å². The van der Waals surface area contributed by atoms with Crippen LogP contribution in [0.1, 0.15) is 34.6 Å². The number of alkyl halides is 2. The summed E-state index contributed by atoms with van der Waals surface area (Å²) in [5.74, 6) is -2.40. The first kappa shape index (κ1) is 26.1. The number of allylic oxidation sites excluding steroid dienone is 2. The van der Waals surface area contributed by atoms with Crippen molar-refractivity contribution in [2.24, 2.45) is 4.99 Å². The third-order valence-corrected chi connectivity index (χ3v) is 7.56. The van der Waals surface area contributed by atoms with Crippen molar-refractivity contribution in [1.29, 1.82) is 0 Å². The van der Waals surface area contributed by atoms with Crippen molar-refractivity contribution in [2.45, 2.75) is 18.9 Å². The summed E-state index contributed by atoms with van der Waals surface area (Å²) >= 11 is 0. The number of hydrogen-bond acceptors (Lipinski definition) is 6. The second-order valence-electron chi connectivity index (χ2n) is 10.5. The number of benzene rings is 2. The Bertz CT molecular complexity index is 1770. The molecule has 2 aromatic heterocycles. The number of aromatic amines is 1. The van der Waals surface area contributed by atoms with E-state index in [9.17, 15) is 13.2 Å². The Morgan fingerprint density at radius 3 is 2.64 bits per heavy atom. The lowest BCUT2D eigenvalue weighted by molar-refractivity contribution is 0.0115. The smallest absolute Gasteiger partial charge is 0.261 e. The fourth-order valence-corrected chi connectivity index (χ4v) is 5.56. The number of nitrogens with zero attached hydrogens (tertiary/aromatic N) is 4. The Morgan fingerprint density at radius 2 is 1.83 bits per heavy atom. The number of aliphatic imine (C=N–C) groups is 1. The zero-order valence-corrected chi connectivity index (χ0v) is 22.3. The Labute approximate surface area is 238 Å². The van der Waals surface area contributed by atoms with Gasteiger partial charge in [-0.3, -0.25) is 14.9 Å². The minimum Gasteiger partial charge on any atom is -0.366 e. The molecule has 0 amide bonds. The summed E-state index contributed by atoms with van der Waals surface area (Å²) in [4.78, 5) is 18.8. The minimum atomic E-state index is -2.69. The maximum Gasteiger partial charge on any atom is 0.261 e. The molecule has 0 unspecified atom stereocenters. The van der Waals surface area contributed by atoms with Gasteiger partial charge >= 0.3 is 0 Å². The van der Waals surface area contributed by atoms with Gasteiger partial charge < -0.3 is 15.6 Å². The Kier molecular flexibility index (Phi) is 6.38. The molecular formula is C31H25F4N7. The van der Waals surface area contributed by atoms with Crippen LogP contribution in [0.4, 0.5) is 29.1 Å². The van der Waals surface area contributed by atoms with Crippen molar-refractivity contribution >= 4 is 22.8 Å². The number of halogens is 4. The van der Waals surface area contributed by atoms with Crippen molar-refractivity contribution < 1.29 is 17.6 Å². The molecule has 3 N–H and O–H groups in total. The second kappa shape index (κ2) is 10.3. The largest absolute Gasteiger partial charge is 0.366 e. The molecule has 3 aliphatic rings. The van der Waals surface area contributed by atoms with E-state index >= 15 is 4.39 Å². The molecule has 42 heavy (non-hydrogen) atoms. The number of fused-ring (bicyclic) bond motifs is 2. The Morgan fingerprint density at radius 1 is 0.976 bits per heavy atom. The summed E-state index contributed by atoms with van der Waals surface area (Å²) < 4.78 is 56.4. The molecule has 5 heterocycles. The fourth-order valence-electron chi connectivity index (χ4n) is 5.56. The van der Waals surface area contributed by atoms with Gasteiger partial charge in [0.2, 0.25) is 0 Å². The zero-order valence-electron chi connectivity index (χ0n) is 22.3. The van der Waals surface area contributed by atoms with Gasteiger partial charge in [-0.1, -0.05) is 18.2 Å². The SMILES string of the molecule is Fc1ccc(C2=CC=CNc3nc(C4=NCNc5cc(F)c(-c6cncc(CN7CCC(F)(F)C7)c6)cc54)[nH]c32)cc1. The molecular weight excluding hydrogens is 546 g/mol. The lowest BCUT2D eigenvalue weighted by atomic mass is 9.97. The molecule has 212 valence electrons. The van der Waals surface area contributed by atoms with Gasteiger partial charge in [-0.15, -0.1) is 0 Å². The van der Waals surface area contributed by atoms with Crippen LogP contribution in [0, 0.1) is 11.6 Å². The van der Waals surface area contributed by atoms with Gasteiger partial charge in [-0.05, 0) is 47.5 Å². The maximum absolute atomic E-state index is 15.4. The van der Waals surface area contributed by atoms with Gasteiger partial charge in [0.1, 0.15) is 24.0 Å². The van der Waals surface area contributed by atoms with Crippen LogP contribution < -0.4 is 10.6 Å². The lowest BCUT2D eigenvalue weighted by Gasteiger charge is -2.20. The molecule has 1 saturated heterocycles. The van der Waals surface area contributed by atoms with Crippen LogP contribution in [0.3, 0.4) is 0 Å². The number of imidazole rings is 1. The Balaban J connectivity index is 1.23. The van der Waals surface area contributed by atoms with Crippen LogP contribution in [-0.4, -0.2) is 51.2 Å². The summed E-state index contributed by atoms with van der Waals surface area (Å²) in [6.45, 7) is 0.538. The summed E-state index contributed by atoms with van der Waals surface area (Å²) in [5, 5.41) is 6.29.